The van der Waals surface area contributed by atoms with Gasteiger partial charge in [0.2, 0.25) is 0 Å². The number of rotatable bonds is 11. The van der Waals surface area contributed by atoms with E-state index in [4.69, 9.17) is 4.74 Å². The molecule has 0 fully saturated rings. The van der Waals surface area contributed by atoms with Gasteiger partial charge in [-0.3, -0.25) is 0 Å². The quantitative estimate of drug-likeness (QED) is 0.438. The predicted octanol–water partition coefficient (Wildman–Crippen LogP) is 4.72. The second kappa shape index (κ2) is 13.0. The molecular weight excluding hydrogens is 172 g/mol. The monoisotopic (exact) mass is 199 g/mol. The van der Waals surface area contributed by atoms with Gasteiger partial charge in [0.1, 0.15) is 0 Å². The molecule has 0 saturated heterocycles. The lowest BCUT2D eigenvalue weighted by Crippen LogP contribution is -1.91. The van der Waals surface area contributed by atoms with Crippen molar-refractivity contribution >= 4 is 0 Å². The van der Waals surface area contributed by atoms with Crippen molar-refractivity contribution in [1.82, 2.24) is 0 Å². The van der Waals surface area contributed by atoms with Crippen LogP contribution in [0.25, 0.3) is 0 Å². The Balaban J connectivity index is 2.78. The summed E-state index contributed by atoms with van der Waals surface area (Å²) >= 11 is 0. The van der Waals surface area contributed by atoms with Crippen LogP contribution < -0.4 is 0 Å². The first-order valence-electron chi connectivity index (χ1n) is 6.35. The summed E-state index contributed by atoms with van der Waals surface area (Å²) in [5.74, 6) is 0. The zero-order valence-corrected chi connectivity index (χ0v) is 10.1. The number of hydrogen-bond donors (Lipinski definition) is 0. The molecule has 0 spiro atoms. The van der Waals surface area contributed by atoms with Crippen LogP contribution in [-0.4, -0.2) is 6.61 Å². The number of hydrogen-bond acceptors (Lipinski definition) is 1. The fraction of sp³-hybridized carbons (Fsp3) is 0.923. The highest BCUT2D eigenvalue weighted by Gasteiger charge is 1.91. The zero-order valence-electron chi connectivity index (χ0n) is 10.1. The van der Waals surface area contributed by atoms with E-state index < -0.39 is 0 Å². The van der Waals surface area contributed by atoms with Gasteiger partial charge in [0.05, 0.1) is 6.61 Å². The average Bonchev–Trinajstić information content (AvgIpc) is 2.21. The minimum Gasteiger partial charge on any atom is -0.376 e. The summed E-state index contributed by atoms with van der Waals surface area (Å²) in [7, 11) is 0. The maximum Gasteiger partial charge on any atom is 0.0836 e. The largest absolute Gasteiger partial charge is 0.376 e. The van der Waals surface area contributed by atoms with Crippen LogP contribution in [0.5, 0.6) is 0 Å². The molecule has 14 heavy (non-hydrogen) atoms. The van der Waals surface area contributed by atoms with Crippen molar-refractivity contribution in [3.63, 3.8) is 0 Å². The highest BCUT2D eigenvalue weighted by molar-refractivity contribution is 4.52. The van der Waals surface area contributed by atoms with Crippen molar-refractivity contribution in [2.75, 3.05) is 6.61 Å². The molecular formula is C13H27O. The van der Waals surface area contributed by atoms with Gasteiger partial charge in [-0.2, -0.15) is 0 Å². The fourth-order valence-corrected chi connectivity index (χ4v) is 1.43. The molecule has 0 atom stereocenters. The fourth-order valence-electron chi connectivity index (χ4n) is 1.43. The molecule has 1 heteroatoms. The predicted molar refractivity (Wildman–Crippen MR) is 63.2 cm³/mol. The molecule has 0 amide bonds. The molecule has 0 aromatic heterocycles. The molecule has 0 rings (SSSR count). The van der Waals surface area contributed by atoms with E-state index in [1.54, 1.807) is 0 Å². The van der Waals surface area contributed by atoms with Gasteiger partial charge < -0.3 is 4.74 Å². The molecule has 1 nitrogen and oxygen atoms in total. The van der Waals surface area contributed by atoms with E-state index in [9.17, 15) is 0 Å². The standard InChI is InChI=1S/C13H27O/c1-3-5-7-8-9-11-13-14-12-10-6-4-2/h13H,3-12H2,1-2H3. The van der Waals surface area contributed by atoms with Crippen LogP contribution in [0, 0.1) is 6.61 Å². The third kappa shape index (κ3) is 12.0. The maximum atomic E-state index is 5.42. The van der Waals surface area contributed by atoms with E-state index >= 15 is 0 Å². The Morgan fingerprint density at radius 3 is 2.14 bits per heavy atom. The van der Waals surface area contributed by atoms with Crippen LogP contribution in [-0.2, 0) is 4.74 Å². The van der Waals surface area contributed by atoms with E-state index in [1.807, 2.05) is 6.61 Å². The molecule has 1 radical (unpaired) electrons. The highest BCUT2D eigenvalue weighted by atomic mass is 16.5. The molecule has 85 valence electrons. The van der Waals surface area contributed by atoms with E-state index in [0.717, 1.165) is 13.0 Å². The Hall–Kier alpha value is -0.0400. The summed E-state index contributed by atoms with van der Waals surface area (Å²) in [6, 6.07) is 0. The summed E-state index contributed by atoms with van der Waals surface area (Å²) in [4.78, 5) is 0. The summed E-state index contributed by atoms with van der Waals surface area (Å²) in [6.07, 6.45) is 11.7. The Kier molecular flexibility index (Phi) is 12.9. The summed E-state index contributed by atoms with van der Waals surface area (Å²) in [5, 5.41) is 0. The van der Waals surface area contributed by atoms with Crippen LogP contribution in [0.1, 0.15) is 71.6 Å². The maximum absolute atomic E-state index is 5.42. The Labute approximate surface area is 90.2 Å². The molecule has 0 saturated carbocycles. The molecule has 0 aromatic rings. The van der Waals surface area contributed by atoms with Crippen molar-refractivity contribution in [3.05, 3.63) is 6.61 Å². The van der Waals surface area contributed by atoms with Crippen molar-refractivity contribution < 1.29 is 4.74 Å². The van der Waals surface area contributed by atoms with Gasteiger partial charge in [0.15, 0.2) is 0 Å². The van der Waals surface area contributed by atoms with E-state index in [2.05, 4.69) is 13.8 Å². The van der Waals surface area contributed by atoms with Crippen molar-refractivity contribution in [2.24, 2.45) is 0 Å². The first-order valence-corrected chi connectivity index (χ1v) is 6.35. The second-order valence-electron chi connectivity index (χ2n) is 3.95. The van der Waals surface area contributed by atoms with Gasteiger partial charge in [-0.1, -0.05) is 58.8 Å². The SMILES string of the molecule is CCCCCCC[CH]OCCCCC. The van der Waals surface area contributed by atoms with Crippen LogP contribution >= 0.6 is 0 Å². The van der Waals surface area contributed by atoms with E-state index in [0.29, 0.717) is 0 Å². The molecule has 0 aliphatic rings. The van der Waals surface area contributed by atoms with E-state index in [1.165, 1.54) is 51.4 Å². The molecule has 0 aliphatic heterocycles. The van der Waals surface area contributed by atoms with Crippen molar-refractivity contribution in [1.29, 1.82) is 0 Å². The molecule has 0 aromatic carbocycles. The number of unbranched alkanes of at least 4 members (excludes halogenated alkanes) is 7. The normalized spacial score (nSPS) is 10.7. The van der Waals surface area contributed by atoms with Gasteiger partial charge in [0, 0.05) is 6.61 Å². The van der Waals surface area contributed by atoms with Gasteiger partial charge in [-0.15, -0.1) is 0 Å². The molecule has 0 unspecified atom stereocenters. The average molecular weight is 199 g/mol. The minimum absolute atomic E-state index is 0.919. The lowest BCUT2D eigenvalue weighted by Gasteiger charge is -2.02. The van der Waals surface area contributed by atoms with Gasteiger partial charge >= 0.3 is 0 Å². The lowest BCUT2D eigenvalue weighted by atomic mass is 10.1. The summed E-state index contributed by atoms with van der Waals surface area (Å²) in [6.45, 7) is 7.39. The summed E-state index contributed by atoms with van der Waals surface area (Å²) in [5.41, 5.74) is 0. The third-order valence-electron chi connectivity index (χ3n) is 2.41. The second-order valence-corrected chi connectivity index (χ2v) is 3.95. The van der Waals surface area contributed by atoms with Crippen LogP contribution in [0.15, 0.2) is 0 Å². The van der Waals surface area contributed by atoms with Crippen molar-refractivity contribution in [2.45, 2.75) is 71.6 Å². The minimum atomic E-state index is 0.919. The first kappa shape index (κ1) is 14.0. The smallest absolute Gasteiger partial charge is 0.0836 e. The van der Waals surface area contributed by atoms with Gasteiger partial charge in [0.25, 0.3) is 0 Å². The Morgan fingerprint density at radius 2 is 1.43 bits per heavy atom. The topological polar surface area (TPSA) is 9.23 Å². The van der Waals surface area contributed by atoms with Gasteiger partial charge in [-0.05, 0) is 12.8 Å². The lowest BCUT2D eigenvalue weighted by molar-refractivity contribution is 0.184. The Bertz CT molecular complexity index is 79.2. The van der Waals surface area contributed by atoms with E-state index in [-0.39, 0.29) is 0 Å². The van der Waals surface area contributed by atoms with Crippen LogP contribution in [0.2, 0.25) is 0 Å². The first-order chi connectivity index (χ1) is 6.91. The molecule has 0 N–H and O–H groups in total. The van der Waals surface area contributed by atoms with Crippen molar-refractivity contribution in [3.8, 4) is 0 Å². The zero-order chi connectivity index (χ0) is 10.5. The Morgan fingerprint density at radius 1 is 0.786 bits per heavy atom. The molecule has 0 aliphatic carbocycles. The third-order valence-corrected chi connectivity index (χ3v) is 2.41. The van der Waals surface area contributed by atoms with Crippen LogP contribution in [0.4, 0.5) is 0 Å². The van der Waals surface area contributed by atoms with Crippen LogP contribution in [0.3, 0.4) is 0 Å². The number of ether oxygens (including phenoxy) is 1. The summed E-state index contributed by atoms with van der Waals surface area (Å²) < 4.78 is 5.42. The molecule has 0 heterocycles. The molecule has 0 bridgehead atoms. The highest BCUT2D eigenvalue weighted by Crippen LogP contribution is 2.07. The van der Waals surface area contributed by atoms with Gasteiger partial charge in [-0.25, -0.2) is 0 Å².